The number of nitrogens with zero attached hydrogens (tertiary/aromatic N) is 1. The van der Waals surface area contributed by atoms with Crippen LogP contribution in [0.2, 0.25) is 0 Å². The fourth-order valence-electron chi connectivity index (χ4n) is 1.26. The van der Waals surface area contributed by atoms with Crippen LogP contribution >= 0.6 is 11.3 Å². The van der Waals surface area contributed by atoms with E-state index < -0.39 is 0 Å². The molecule has 0 bridgehead atoms. The molecule has 1 aromatic rings. The molecule has 2 N–H and O–H groups in total. The summed E-state index contributed by atoms with van der Waals surface area (Å²) in [5.41, 5.74) is 6.87. The van der Waals surface area contributed by atoms with Crippen LogP contribution in [0.15, 0.2) is 6.07 Å². The fraction of sp³-hybridized carbons (Fsp3) is 0.636. The Bertz CT molecular complexity index is 297. The standard InChI is InChI=1S/C11H20N2OS/c1-9-10(6-11(7-12)15-9)8-14-5-4-13(2)3/h6H,4-5,7-8,12H2,1-3H3. The summed E-state index contributed by atoms with van der Waals surface area (Å²) in [5, 5.41) is 0. The Labute approximate surface area is 95.8 Å². The highest BCUT2D eigenvalue weighted by Gasteiger charge is 2.04. The van der Waals surface area contributed by atoms with Crippen molar-refractivity contribution < 1.29 is 4.74 Å². The van der Waals surface area contributed by atoms with Crippen molar-refractivity contribution in [3.63, 3.8) is 0 Å². The van der Waals surface area contributed by atoms with Gasteiger partial charge in [-0.25, -0.2) is 0 Å². The normalized spacial score (nSPS) is 11.3. The number of nitrogens with two attached hydrogens (primary N) is 1. The lowest BCUT2D eigenvalue weighted by Gasteiger charge is -2.09. The summed E-state index contributed by atoms with van der Waals surface area (Å²) in [6, 6.07) is 2.15. The number of hydrogen-bond acceptors (Lipinski definition) is 4. The van der Waals surface area contributed by atoms with E-state index in [-0.39, 0.29) is 0 Å². The summed E-state index contributed by atoms with van der Waals surface area (Å²) < 4.78 is 5.59. The van der Waals surface area contributed by atoms with Gasteiger partial charge in [-0.3, -0.25) is 0 Å². The SMILES string of the molecule is Cc1sc(CN)cc1COCCN(C)C. The summed E-state index contributed by atoms with van der Waals surface area (Å²) in [4.78, 5) is 4.67. The van der Waals surface area contributed by atoms with E-state index in [1.807, 2.05) is 14.1 Å². The molecule has 0 fully saturated rings. The number of hydrogen-bond donors (Lipinski definition) is 1. The molecule has 86 valence electrons. The van der Waals surface area contributed by atoms with Gasteiger partial charge in [0.1, 0.15) is 0 Å². The molecule has 3 nitrogen and oxygen atoms in total. The molecule has 0 aliphatic carbocycles. The first-order valence-corrected chi connectivity index (χ1v) is 5.96. The van der Waals surface area contributed by atoms with Gasteiger partial charge in [-0.15, -0.1) is 11.3 Å². The third-order valence-corrected chi connectivity index (χ3v) is 3.33. The quantitative estimate of drug-likeness (QED) is 0.752. The number of aryl methyl sites for hydroxylation is 1. The van der Waals surface area contributed by atoms with Gasteiger partial charge in [0, 0.05) is 22.8 Å². The Kier molecular flexibility index (Phi) is 5.25. The molecule has 1 rings (SSSR count). The number of rotatable bonds is 6. The Balaban J connectivity index is 2.33. The Hall–Kier alpha value is -0.420. The molecule has 0 radical (unpaired) electrons. The third kappa shape index (κ3) is 4.30. The molecule has 0 saturated carbocycles. The molecule has 15 heavy (non-hydrogen) atoms. The van der Waals surface area contributed by atoms with Crippen LogP contribution in [0.1, 0.15) is 15.3 Å². The molecule has 0 aromatic carbocycles. The smallest absolute Gasteiger partial charge is 0.0728 e. The maximum absolute atomic E-state index is 5.59. The van der Waals surface area contributed by atoms with Crippen molar-refractivity contribution in [3.05, 3.63) is 21.4 Å². The maximum atomic E-state index is 5.59. The first-order chi connectivity index (χ1) is 7.13. The van der Waals surface area contributed by atoms with Crippen LogP contribution in [-0.4, -0.2) is 32.1 Å². The zero-order chi connectivity index (χ0) is 11.3. The van der Waals surface area contributed by atoms with Crippen molar-refractivity contribution >= 4 is 11.3 Å². The fourth-order valence-corrected chi connectivity index (χ4v) is 2.19. The first-order valence-electron chi connectivity index (χ1n) is 5.14. The van der Waals surface area contributed by atoms with Crippen molar-refractivity contribution in [2.75, 3.05) is 27.2 Å². The van der Waals surface area contributed by atoms with Crippen LogP contribution in [0.25, 0.3) is 0 Å². The number of likely N-dealkylation sites (N-methyl/N-ethyl adjacent to an activating group) is 1. The van der Waals surface area contributed by atoms with Crippen LogP contribution in [0.4, 0.5) is 0 Å². The molecule has 0 spiro atoms. The summed E-state index contributed by atoms with van der Waals surface area (Å²) in [5.74, 6) is 0. The van der Waals surface area contributed by atoms with Crippen molar-refractivity contribution in [3.8, 4) is 0 Å². The maximum Gasteiger partial charge on any atom is 0.0728 e. The lowest BCUT2D eigenvalue weighted by Crippen LogP contribution is -2.17. The topological polar surface area (TPSA) is 38.5 Å². The van der Waals surface area contributed by atoms with Gasteiger partial charge in [-0.1, -0.05) is 0 Å². The number of thiophene rings is 1. The summed E-state index contributed by atoms with van der Waals surface area (Å²) in [7, 11) is 4.09. The van der Waals surface area contributed by atoms with Crippen molar-refractivity contribution in [1.29, 1.82) is 0 Å². The van der Waals surface area contributed by atoms with Gasteiger partial charge >= 0.3 is 0 Å². The monoisotopic (exact) mass is 228 g/mol. The van der Waals surface area contributed by atoms with Gasteiger partial charge in [-0.05, 0) is 32.6 Å². The van der Waals surface area contributed by atoms with Gasteiger partial charge in [0.05, 0.1) is 13.2 Å². The van der Waals surface area contributed by atoms with Gasteiger partial charge in [0.2, 0.25) is 0 Å². The third-order valence-electron chi connectivity index (χ3n) is 2.21. The lowest BCUT2D eigenvalue weighted by atomic mass is 10.2. The predicted octanol–water partition coefficient (Wildman–Crippen LogP) is 1.59. The van der Waals surface area contributed by atoms with Crippen molar-refractivity contribution in [2.24, 2.45) is 5.73 Å². The Morgan fingerprint density at radius 1 is 1.47 bits per heavy atom. The van der Waals surface area contributed by atoms with E-state index in [1.54, 1.807) is 11.3 Å². The van der Waals surface area contributed by atoms with Crippen LogP contribution in [0, 0.1) is 6.92 Å². The minimum absolute atomic E-state index is 0.628. The summed E-state index contributed by atoms with van der Waals surface area (Å²) in [6.45, 7) is 5.20. The largest absolute Gasteiger partial charge is 0.375 e. The zero-order valence-electron chi connectivity index (χ0n) is 9.75. The van der Waals surface area contributed by atoms with Gasteiger partial charge in [0.25, 0.3) is 0 Å². The average molecular weight is 228 g/mol. The van der Waals surface area contributed by atoms with E-state index in [0.717, 1.165) is 13.2 Å². The van der Waals surface area contributed by atoms with Crippen LogP contribution in [0.5, 0.6) is 0 Å². The van der Waals surface area contributed by atoms with Crippen LogP contribution < -0.4 is 5.73 Å². The highest BCUT2D eigenvalue weighted by Crippen LogP contribution is 2.21. The van der Waals surface area contributed by atoms with Crippen LogP contribution in [0.3, 0.4) is 0 Å². The van der Waals surface area contributed by atoms with Crippen molar-refractivity contribution in [2.45, 2.75) is 20.1 Å². The van der Waals surface area contributed by atoms with Gasteiger partial charge in [-0.2, -0.15) is 0 Å². The predicted molar refractivity (Wildman–Crippen MR) is 65.2 cm³/mol. The molecule has 0 aliphatic rings. The highest BCUT2D eigenvalue weighted by atomic mass is 32.1. The molecule has 0 atom stereocenters. The first kappa shape index (κ1) is 12.6. The van der Waals surface area contributed by atoms with E-state index in [9.17, 15) is 0 Å². The van der Waals surface area contributed by atoms with E-state index in [0.29, 0.717) is 13.2 Å². The van der Waals surface area contributed by atoms with E-state index in [1.165, 1.54) is 15.3 Å². The summed E-state index contributed by atoms with van der Waals surface area (Å²) in [6.07, 6.45) is 0. The van der Waals surface area contributed by atoms with Crippen molar-refractivity contribution in [1.82, 2.24) is 4.90 Å². The second-order valence-corrected chi connectivity index (χ2v) is 5.19. The second kappa shape index (κ2) is 6.23. The van der Waals surface area contributed by atoms with E-state index in [4.69, 9.17) is 10.5 Å². The molecule has 0 aliphatic heterocycles. The second-order valence-electron chi connectivity index (χ2n) is 3.85. The zero-order valence-corrected chi connectivity index (χ0v) is 10.6. The Morgan fingerprint density at radius 2 is 2.20 bits per heavy atom. The highest BCUT2D eigenvalue weighted by molar-refractivity contribution is 7.12. The molecule has 0 saturated heterocycles. The van der Waals surface area contributed by atoms with Crippen LogP contribution in [-0.2, 0) is 17.9 Å². The molecule has 0 amide bonds. The van der Waals surface area contributed by atoms with E-state index >= 15 is 0 Å². The van der Waals surface area contributed by atoms with Gasteiger partial charge in [0.15, 0.2) is 0 Å². The molecular weight excluding hydrogens is 208 g/mol. The molecule has 1 heterocycles. The minimum Gasteiger partial charge on any atom is -0.375 e. The molecular formula is C11H20N2OS. The minimum atomic E-state index is 0.628. The molecule has 1 aromatic heterocycles. The Morgan fingerprint density at radius 3 is 2.73 bits per heavy atom. The average Bonchev–Trinajstić information content (AvgIpc) is 2.54. The lowest BCUT2D eigenvalue weighted by molar-refractivity contribution is 0.105. The number of ether oxygens (including phenoxy) is 1. The summed E-state index contributed by atoms with van der Waals surface area (Å²) >= 11 is 1.76. The molecule has 4 heteroatoms. The molecule has 0 unspecified atom stereocenters. The van der Waals surface area contributed by atoms with E-state index in [2.05, 4.69) is 17.9 Å². The van der Waals surface area contributed by atoms with Gasteiger partial charge < -0.3 is 15.4 Å².